The molecule has 0 bridgehead atoms. The number of hydrogen-bond acceptors (Lipinski definition) is 5. The Bertz CT molecular complexity index is 771. The van der Waals surface area contributed by atoms with E-state index >= 15 is 0 Å². The molecule has 7 heteroatoms. The van der Waals surface area contributed by atoms with Gasteiger partial charge in [-0.1, -0.05) is 23.7 Å². The summed E-state index contributed by atoms with van der Waals surface area (Å²) in [5.74, 6) is -0.169. The highest BCUT2D eigenvalue weighted by Gasteiger charge is 2.34. The Hall–Kier alpha value is -2.44. The molecule has 1 aliphatic heterocycles. The van der Waals surface area contributed by atoms with Crippen molar-refractivity contribution in [2.45, 2.75) is 0 Å². The van der Waals surface area contributed by atoms with Gasteiger partial charge in [-0.15, -0.1) is 0 Å². The number of benzene rings is 2. The van der Waals surface area contributed by atoms with Crippen molar-refractivity contribution in [2.24, 2.45) is 0 Å². The van der Waals surface area contributed by atoms with Crippen LogP contribution in [0.4, 0.5) is 0 Å². The molecule has 0 saturated heterocycles. The summed E-state index contributed by atoms with van der Waals surface area (Å²) in [6.07, 6.45) is 0. The third kappa shape index (κ3) is 3.39. The van der Waals surface area contributed by atoms with E-state index in [1.165, 1.54) is 0 Å². The predicted octanol–water partition coefficient (Wildman–Crippen LogP) is 3.32. The van der Waals surface area contributed by atoms with Gasteiger partial charge in [0.05, 0.1) is 17.7 Å². The van der Waals surface area contributed by atoms with E-state index in [-0.39, 0.29) is 30.2 Å². The summed E-state index contributed by atoms with van der Waals surface area (Å²) in [4.78, 5) is 25.5. The molecule has 3 rings (SSSR count). The van der Waals surface area contributed by atoms with Crippen LogP contribution in [0.2, 0.25) is 5.02 Å². The van der Waals surface area contributed by atoms with Gasteiger partial charge in [0.25, 0.3) is 11.8 Å². The molecule has 0 aliphatic carbocycles. The number of carbonyl (C=O) groups excluding carboxylic acids is 2. The minimum atomic E-state index is -0.330. The minimum Gasteiger partial charge on any atom is -0.455 e. The second-order valence-electron chi connectivity index (χ2n) is 4.96. The lowest BCUT2D eigenvalue weighted by atomic mass is 10.1. The van der Waals surface area contributed by atoms with Gasteiger partial charge >= 0.3 is 5.24 Å². The van der Waals surface area contributed by atoms with E-state index in [1.807, 2.05) is 0 Å². The van der Waals surface area contributed by atoms with Gasteiger partial charge in [-0.2, -0.15) is 0 Å². The molecule has 1 aliphatic rings. The summed E-state index contributed by atoms with van der Waals surface area (Å²) >= 11 is 10.8. The number of fused-ring (bicyclic) bond motifs is 1. The normalized spacial score (nSPS) is 13.0. The van der Waals surface area contributed by atoms with E-state index in [2.05, 4.69) is 0 Å². The lowest BCUT2D eigenvalue weighted by molar-refractivity contribution is 0.0622. The summed E-state index contributed by atoms with van der Waals surface area (Å²) < 4.78 is 10.6. The molecule has 0 aromatic heterocycles. The Morgan fingerprint density at radius 2 is 1.58 bits per heavy atom. The molecule has 0 spiro atoms. The van der Waals surface area contributed by atoms with Crippen molar-refractivity contribution < 1.29 is 19.1 Å². The zero-order valence-corrected chi connectivity index (χ0v) is 14.0. The molecular weight excluding hydrogens is 350 g/mol. The van der Waals surface area contributed by atoms with Crippen LogP contribution in [0, 0.1) is 0 Å². The molecule has 24 heavy (non-hydrogen) atoms. The first-order valence-electron chi connectivity index (χ1n) is 7.11. The second-order valence-corrected chi connectivity index (χ2v) is 5.73. The van der Waals surface area contributed by atoms with Gasteiger partial charge in [-0.3, -0.25) is 14.5 Å². The van der Waals surface area contributed by atoms with E-state index in [0.29, 0.717) is 21.9 Å². The van der Waals surface area contributed by atoms with Crippen molar-refractivity contribution in [3.8, 4) is 5.75 Å². The molecular formula is C17H12ClNO4S. The number of nitrogens with zero attached hydrogens (tertiary/aromatic N) is 1. The van der Waals surface area contributed by atoms with Crippen molar-refractivity contribution in [1.82, 2.24) is 4.90 Å². The number of hydrogen-bond donors (Lipinski definition) is 0. The fourth-order valence-corrected chi connectivity index (χ4v) is 2.60. The van der Waals surface area contributed by atoms with Crippen molar-refractivity contribution in [3.63, 3.8) is 0 Å². The number of imide groups is 1. The maximum absolute atomic E-state index is 12.2. The Morgan fingerprint density at radius 3 is 2.17 bits per heavy atom. The largest absolute Gasteiger partial charge is 0.455 e. The average molecular weight is 362 g/mol. The first-order valence-corrected chi connectivity index (χ1v) is 7.90. The maximum Gasteiger partial charge on any atom is 0.357 e. The number of carbonyl (C=O) groups is 2. The van der Waals surface area contributed by atoms with Gasteiger partial charge < -0.3 is 9.47 Å². The molecule has 0 fully saturated rings. The van der Waals surface area contributed by atoms with E-state index in [1.54, 1.807) is 48.5 Å². The number of thiocarbonyl (C=S) groups is 1. The highest BCUT2D eigenvalue weighted by molar-refractivity contribution is 7.79. The van der Waals surface area contributed by atoms with Crippen LogP contribution in [-0.4, -0.2) is 35.1 Å². The first kappa shape index (κ1) is 16.4. The molecule has 2 aromatic rings. The van der Waals surface area contributed by atoms with Gasteiger partial charge in [0.2, 0.25) is 0 Å². The van der Waals surface area contributed by atoms with Crippen molar-refractivity contribution in [3.05, 3.63) is 64.7 Å². The molecule has 2 aromatic carbocycles. The smallest absolute Gasteiger partial charge is 0.357 e. The van der Waals surface area contributed by atoms with Gasteiger partial charge in [-0.05, 0) is 36.4 Å². The molecule has 1 heterocycles. The Morgan fingerprint density at radius 1 is 1.00 bits per heavy atom. The van der Waals surface area contributed by atoms with Crippen LogP contribution in [0.25, 0.3) is 0 Å². The number of rotatable bonds is 4. The maximum atomic E-state index is 12.2. The SMILES string of the molecule is O=C1c2ccccc2C(=O)N1CCOC(=S)Oc1ccc(Cl)cc1. The van der Waals surface area contributed by atoms with E-state index in [0.717, 1.165) is 4.90 Å². The fourth-order valence-electron chi connectivity index (χ4n) is 2.29. The quantitative estimate of drug-likeness (QED) is 0.617. The van der Waals surface area contributed by atoms with Gasteiger partial charge in [-0.25, -0.2) is 0 Å². The summed E-state index contributed by atoms with van der Waals surface area (Å²) in [6, 6.07) is 13.3. The monoisotopic (exact) mass is 361 g/mol. The Kier molecular flexibility index (Phi) is 4.78. The topological polar surface area (TPSA) is 55.8 Å². The molecule has 5 nitrogen and oxygen atoms in total. The van der Waals surface area contributed by atoms with Crippen LogP contribution in [0.15, 0.2) is 48.5 Å². The fraction of sp³-hybridized carbons (Fsp3) is 0.118. The third-order valence-corrected chi connectivity index (χ3v) is 3.88. The third-order valence-electron chi connectivity index (χ3n) is 3.43. The zero-order chi connectivity index (χ0) is 17.1. The minimum absolute atomic E-state index is 0.0535. The summed E-state index contributed by atoms with van der Waals surface area (Å²) in [5.41, 5.74) is 0.810. The summed E-state index contributed by atoms with van der Waals surface area (Å²) in [6.45, 7) is 0.147. The van der Waals surface area contributed by atoms with E-state index < -0.39 is 0 Å². The molecule has 0 unspecified atom stereocenters. The molecule has 0 saturated carbocycles. The standard InChI is InChI=1S/C17H12ClNO4S/c18-11-5-7-12(8-6-11)23-17(24)22-10-9-19-15(20)13-3-1-2-4-14(13)16(19)21/h1-8H,9-10H2. The van der Waals surface area contributed by atoms with E-state index in [9.17, 15) is 9.59 Å². The zero-order valence-electron chi connectivity index (χ0n) is 12.4. The predicted molar refractivity (Wildman–Crippen MR) is 92.4 cm³/mol. The highest BCUT2D eigenvalue weighted by Crippen LogP contribution is 2.22. The number of halogens is 1. The lowest BCUT2D eigenvalue weighted by Gasteiger charge is -2.14. The molecule has 122 valence electrons. The van der Waals surface area contributed by atoms with Gasteiger partial charge in [0.1, 0.15) is 12.4 Å². The highest BCUT2D eigenvalue weighted by atomic mass is 35.5. The van der Waals surface area contributed by atoms with Crippen LogP contribution in [0.5, 0.6) is 5.75 Å². The van der Waals surface area contributed by atoms with Crippen molar-refractivity contribution in [1.29, 1.82) is 0 Å². The van der Waals surface area contributed by atoms with Crippen LogP contribution in [0.1, 0.15) is 20.7 Å². The van der Waals surface area contributed by atoms with E-state index in [4.69, 9.17) is 33.3 Å². The molecule has 0 radical (unpaired) electrons. The van der Waals surface area contributed by atoms with Crippen molar-refractivity contribution >= 4 is 40.9 Å². The molecule has 0 N–H and O–H groups in total. The summed E-state index contributed by atoms with van der Waals surface area (Å²) in [5, 5.41) is 0.494. The molecule has 2 amide bonds. The Labute approximate surface area is 148 Å². The summed E-state index contributed by atoms with van der Waals surface area (Å²) in [7, 11) is 0. The number of ether oxygens (including phenoxy) is 2. The second kappa shape index (κ2) is 6.98. The average Bonchev–Trinajstić information content (AvgIpc) is 2.82. The van der Waals surface area contributed by atoms with Gasteiger partial charge in [0.15, 0.2) is 0 Å². The van der Waals surface area contributed by atoms with Crippen LogP contribution in [0.3, 0.4) is 0 Å². The Balaban J connectivity index is 1.52. The molecule has 0 atom stereocenters. The lowest BCUT2D eigenvalue weighted by Crippen LogP contribution is -2.33. The first-order chi connectivity index (χ1) is 11.6. The van der Waals surface area contributed by atoms with Gasteiger partial charge in [0, 0.05) is 17.2 Å². The van der Waals surface area contributed by atoms with Crippen LogP contribution >= 0.6 is 23.8 Å². The van der Waals surface area contributed by atoms with Crippen LogP contribution in [-0.2, 0) is 4.74 Å². The number of amides is 2. The van der Waals surface area contributed by atoms with Crippen molar-refractivity contribution in [2.75, 3.05) is 13.2 Å². The van der Waals surface area contributed by atoms with Crippen LogP contribution < -0.4 is 4.74 Å².